The van der Waals surface area contributed by atoms with Gasteiger partial charge in [0.25, 0.3) is 0 Å². The standard InChI is InChI=1S/C21H28FN3O3/c1-15(2)18(25-9-11-27-12-10-25)13-23-20(26)7-8-21-24-14-19(28-21)16-5-3-4-6-17(16)22/h3-6,14-15,18H,7-13H2,1-2H3,(H,23,26). The molecule has 1 aliphatic heterocycles. The molecular weight excluding hydrogens is 361 g/mol. The van der Waals surface area contributed by atoms with E-state index in [1.807, 2.05) is 0 Å². The topological polar surface area (TPSA) is 67.6 Å². The van der Waals surface area contributed by atoms with E-state index >= 15 is 0 Å². The van der Waals surface area contributed by atoms with Gasteiger partial charge < -0.3 is 14.5 Å². The number of oxazole rings is 1. The van der Waals surface area contributed by atoms with Crippen LogP contribution in [0.4, 0.5) is 4.39 Å². The molecule has 0 aliphatic carbocycles. The third kappa shape index (κ3) is 5.39. The Balaban J connectivity index is 1.48. The lowest BCUT2D eigenvalue weighted by atomic mass is 10.0. The smallest absolute Gasteiger partial charge is 0.220 e. The zero-order valence-corrected chi connectivity index (χ0v) is 16.5. The molecule has 3 rings (SSSR count). The van der Waals surface area contributed by atoms with Gasteiger partial charge in [-0.3, -0.25) is 9.69 Å². The van der Waals surface area contributed by atoms with Crippen LogP contribution < -0.4 is 5.32 Å². The van der Waals surface area contributed by atoms with Gasteiger partial charge in [-0.1, -0.05) is 26.0 Å². The van der Waals surface area contributed by atoms with Crippen LogP contribution in [0.2, 0.25) is 0 Å². The van der Waals surface area contributed by atoms with Crippen LogP contribution in [0.15, 0.2) is 34.9 Å². The lowest BCUT2D eigenvalue weighted by Crippen LogP contribution is -2.51. The summed E-state index contributed by atoms with van der Waals surface area (Å²) >= 11 is 0. The van der Waals surface area contributed by atoms with E-state index in [1.54, 1.807) is 18.2 Å². The number of ether oxygens (including phenoxy) is 1. The van der Waals surface area contributed by atoms with E-state index in [0.29, 0.717) is 42.1 Å². The molecule has 2 heterocycles. The van der Waals surface area contributed by atoms with Crippen LogP contribution in [0, 0.1) is 11.7 Å². The maximum absolute atomic E-state index is 13.8. The molecule has 1 atom stereocenters. The van der Waals surface area contributed by atoms with E-state index in [4.69, 9.17) is 9.15 Å². The van der Waals surface area contributed by atoms with Gasteiger partial charge in [-0.2, -0.15) is 0 Å². The first-order valence-electron chi connectivity index (χ1n) is 9.82. The van der Waals surface area contributed by atoms with Crippen molar-refractivity contribution < 1.29 is 18.3 Å². The molecule has 0 radical (unpaired) electrons. The number of benzene rings is 1. The highest BCUT2D eigenvalue weighted by atomic mass is 19.1. The molecule has 1 aromatic carbocycles. The van der Waals surface area contributed by atoms with Gasteiger partial charge >= 0.3 is 0 Å². The van der Waals surface area contributed by atoms with Crippen LogP contribution in [0.5, 0.6) is 0 Å². The quantitative estimate of drug-likeness (QED) is 0.752. The van der Waals surface area contributed by atoms with Gasteiger partial charge in [0, 0.05) is 38.5 Å². The first-order chi connectivity index (χ1) is 13.5. The maximum Gasteiger partial charge on any atom is 0.220 e. The predicted octanol–water partition coefficient (Wildman–Crippen LogP) is 2.89. The lowest BCUT2D eigenvalue weighted by Gasteiger charge is -2.36. The van der Waals surface area contributed by atoms with Crippen LogP contribution in [-0.4, -0.2) is 54.7 Å². The molecule has 1 aromatic heterocycles. The summed E-state index contributed by atoms with van der Waals surface area (Å²) in [5.41, 5.74) is 0.371. The van der Waals surface area contributed by atoms with Crippen LogP contribution >= 0.6 is 0 Å². The number of aryl methyl sites for hydroxylation is 1. The molecule has 2 aromatic rings. The van der Waals surface area contributed by atoms with E-state index in [-0.39, 0.29) is 18.1 Å². The van der Waals surface area contributed by atoms with E-state index < -0.39 is 0 Å². The molecule has 6 nitrogen and oxygen atoms in total. The summed E-state index contributed by atoms with van der Waals surface area (Å²) in [6.45, 7) is 8.23. The zero-order valence-electron chi connectivity index (χ0n) is 16.5. The average Bonchev–Trinajstić information content (AvgIpc) is 3.16. The van der Waals surface area contributed by atoms with Crippen molar-refractivity contribution in [3.63, 3.8) is 0 Å². The Labute approximate surface area is 165 Å². The van der Waals surface area contributed by atoms with Crippen molar-refractivity contribution in [2.75, 3.05) is 32.8 Å². The fourth-order valence-corrected chi connectivity index (χ4v) is 3.43. The van der Waals surface area contributed by atoms with Crippen molar-refractivity contribution in [3.8, 4) is 11.3 Å². The third-order valence-electron chi connectivity index (χ3n) is 5.05. The summed E-state index contributed by atoms with van der Waals surface area (Å²) in [4.78, 5) is 18.8. The number of morpholine rings is 1. The van der Waals surface area contributed by atoms with Crippen molar-refractivity contribution in [2.45, 2.75) is 32.7 Å². The largest absolute Gasteiger partial charge is 0.441 e. The molecule has 28 heavy (non-hydrogen) atoms. The van der Waals surface area contributed by atoms with Gasteiger partial charge in [0.2, 0.25) is 5.91 Å². The summed E-state index contributed by atoms with van der Waals surface area (Å²) in [5.74, 6) is 0.853. The first kappa shape index (κ1) is 20.5. The minimum absolute atomic E-state index is 0.0375. The monoisotopic (exact) mass is 389 g/mol. The molecule has 0 spiro atoms. The number of carbonyl (C=O) groups is 1. The van der Waals surface area contributed by atoms with Crippen LogP contribution in [0.1, 0.15) is 26.2 Å². The Morgan fingerprint density at radius 3 is 2.75 bits per heavy atom. The fourth-order valence-electron chi connectivity index (χ4n) is 3.43. The van der Waals surface area contributed by atoms with Crippen molar-refractivity contribution in [2.24, 2.45) is 5.92 Å². The summed E-state index contributed by atoms with van der Waals surface area (Å²) in [6, 6.07) is 6.69. The zero-order chi connectivity index (χ0) is 19.9. The van der Waals surface area contributed by atoms with E-state index in [0.717, 1.165) is 26.3 Å². The normalized spacial score (nSPS) is 16.3. The molecule has 7 heteroatoms. The second-order valence-corrected chi connectivity index (χ2v) is 7.36. The van der Waals surface area contributed by atoms with Crippen molar-refractivity contribution in [1.29, 1.82) is 0 Å². The number of amides is 1. The Hall–Kier alpha value is -2.25. The summed E-state index contributed by atoms with van der Waals surface area (Å²) in [5, 5.41) is 3.03. The summed E-state index contributed by atoms with van der Waals surface area (Å²) in [7, 11) is 0. The van der Waals surface area contributed by atoms with Gasteiger partial charge in [0.15, 0.2) is 11.7 Å². The Kier molecular flexibility index (Phi) is 7.17. The number of aromatic nitrogens is 1. The molecule has 1 aliphatic rings. The van der Waals surface area contributed by atoms with Crippen molar-refractivity contribution in [1.82, 2.24) is 15.2 Å². The number of nitrogens with one attached hydrogen (secondary N) is 1. The second-order valence-electron chi connectivity index (χ2n) is 7.36. The van der Waals surface area contributed by atoms with Gasteiger partial charge in [0.05, 0.1) is 25.0 Å². The Morgan fingerprint density at radius 2 is 2.04 bits per heavy atom. The fraction of sp³-hybridized carbons (Fsp3) is 0.524. The summed E-state index contributed by atoms with van der Waals surface area (Å²) in [6.07, 6.45) is 2.16. The second kappa shape index (κ2) is 9.80. The Bertz CT molecular complexity index is 772. The number of nitrogens with zero attached hydrogens (tertiary/aromatic N) is 2. The van der Waals surface area contributed by atoms with Gasteiger partial charge in [-0.25, -0.2) is 9.37 Å². The number of halogens is 1. The number of carbonyl (C=O) groups excluding carboxylic acids is 1. The third-order valence-corrected chi connectivity index (χ3v) is 5.05. The SMILES string of the molecule is CC(C)C(CNC(=O)CCc1ncc(-c2ccccc2F)o1)N1CCOCC1. The molecule has 1 fully saturated rings. The van der Waals surface area contributed by atoms with E-state index in [1.165, 1.54) is 12.3 Å². The number of hydrogen-bond donors (Lipinski definition) is 1. The van der Waals surface area contributed by atoms with Gasteiger partial charge in [0.1, 0.15) is 5.82 Å². The highest BCUT2D eigenvalue weighted by molar-refractivity contribution is 5.76. The highest BCUT2D eigenvalue weighted by Crippen LogP contribution is 2.23. The number of hydrogen-bond acceptors (Lipinski definition) is 5. The molecule has 1 amide bonds. The molecule has 0 bridgehead atoms. The molecule has 152 valence electrons. The molecule has 1 saturated heterocycles. The molecule has 0 saturated carbocycles. The average molecular weight is 389 g/mol. The summed E-state index contributed by atoms with van der Waals surface area (Å²) < 4.78 is 24.9. The number of rotatable bonds is 8. The molecule has 1 unspecified atom stereocenters. The van der Waals surface area contributed by atoms with E-state index in [9.17, 15) is 9.18 Å². The predicted molar refractivity (Wildman–Crippen MR) is 104 cm³/mol. The van der Waals surface area contributed by atoms with Gasteiger partial charge in [-0.05, 0) is 18.1 Å². The maximum atomic E-state index is 13.8. The minimum Gasteiger partial charge on any atom is -0.441 e. The Morgan fingerprint density at radius 1 is 1.29 bits per heavy atom. The van der Waals surface area contributed by atoms with E-state index in [2.05, 4.69) is 29.0 Å². The van der Waals surface area contributed by atoms with Crippen molar-refractivity contribution in [3.05, 3.63) is 42.2 Å². The highest BCUT2D eigenvalue weighted by Gasteiger charge is 2.24. The molecule has 1 N–H and O–H groups in total. The lowest BCUT2D eigenvalue weighted by molar-refractivity contribution is -0.121. The first-order valence-corrected chi connectivity index (χ1v) is 9.82. The van der Waals surface area contributed by atoms with Crippen LogP contribution in [0.25, 0.3) is 11.3 Å². The van der Waals surface area contributed by atoms with Crippen LogP contribution in [-0.2, 0) is 16.0 Å². The minimum atomic E-state index is -0.356. The van der Waals surface area contributed by atoms with Crippen molar-refractivity contribution >= 4 is 5.91 Å². The van der Waals surface area contributed by atoms with Gasteiger partial charge in [-0.15, -0.1) is 0 Å². The molecular formula is C21H28FN3O3. The van der Waals surface area contributed by atoms with Crippen LogP contribution in [0.3, 0.4) is 0 Å².